The van der Waals surface area contributed by atoms with Crippen LogP contribution in [-0.2, 0) is 11.2 Å². The first-order valence-electron chi connectivity index (χ1n) is 5.57. The summed E-state index contributed by atoms with van der Waals surface area (Å²) in [5.41, 5.74) is 2.38. The van der Waals surface area contributed by atoms with Gasteiger partial charge in [-0.1, -0.05) is 18.2 Å². The van der Waals surface area contributed by atoms with E-state index in [1.807, 2.05) is 18.3 Å². The standard InChI is InChI=1S/C13H15NO2/c15-7-13(8-16-9-13)5-10-6-14-12-4-2-1-3-11(10)12/h1-4,6,14-15H,5,7-9H2. The highest BCUT2D eigenvalue weighted by atomic mass is 16.5. The van der Waals surface area contributed by atoms with Gasteiger partial charge in [0.2, 0.25) is 0 Å². The van der Waals surface area contributed by atoms with Crippen LogP contribution in [0.25, 0.3) is 10.9 Å². The Labute approximate surface area is 94.0 Å². The zero-order valence-electron chi connectivity index (χ0n) is 9.07. The Bertz CT molecular complexity index is 494. The molecule has 1 aromatic carbocycles. The van der Waals surface area contributed by atoms with Crippen LogP contribution >= 0.6 is 0 Å². The molecular formula is C13H15NO2. The summed E-state index contributed by atoms with van der Waals surface area (Å²) in [7, 11) is 0. The molecule has 84 valence electrons. The van der Waals surface area contributed by atoms with E-state index in [4.69, 9.17) is 4.74 Å². The monoisotopic (exact) mass is 217 g/mol. The van der Waals surface area contributed by atoms with Gasteiger partial charge in [-0.25, -0.2) is 0 Å². The van der Waals surface area contributed by atoms with Crippen molar-refractivity contribution in [3.63, 3.8) is 0 Å². The fraction of sp³-hybridized carbons (Fsp3) is 0.385. The number of ether oxygens (including phenoxy) is 1. The molecule has 1 aliphatic heterocycles. The van der Waals surface area contributed by atoms with Crippen LogP contribution in [0.4, 0.5) is 0 Å². The van der Waals surface area contributed by atoms with E-state index in [0.29, 0.717) is 13.2 Å². The Morgan fingerprint density at radius 3 is 2.81 bits per heavy atom. The average molecular weight is 217 g/mol. The molecule has 2 aromatic rings. The SMILES string of the molecule is OCC1(Cc2c[nH]c3ccccc23)COC1. The minimum absolute atomic E-state index is 0.0506. The molecule has 0 amide bonds. The molecule has 3 heteroatoms. The van der Waals surface area contributed by atoms with Gasteiger partial charge in [0.25, 0.3) is 0 Å². The topological polar surface area (TPSA) is 45.2 Å². The molecule has 1 saturated heterocycles. The highest BCUT2D eigenvalue weighted by molar-refractivity contribution is 5.83. The number of para-hydroxylation sites is 1. The lowest BCUT2D eigenvalue weighted by Gasteiger charge is -2.39. The molecule has 0 spiro atoms. The van der Waals surface area contributed by atoms with Crippen LogP contribution in [0.1, 0.15) is 5.56 Å². The molecule has 2 heterocycles. The van der Waals surface area contributed by atoms with Gasteiger partial charge < -0.3 is 14.8 Å². The van der Waals surface area contributed by atoms with Crippen LogP contribution in [-0.4, -0.2) is 29.9 Å². The van der Waals surface area contributed by atoms with E-state index in [1.54, 1.807) is 0 Å². The minimum atomic E-state index is -0.0506. The zero-order chi connectivity index (χ0) is 11.0. The average Bonchev–Trinajstić information content (AvgIpc) is 2.67. The van der Waals surface area contributed by atoms with Crippen molar-refractivity contribution >= 4 is 10.9 Å². The lowest BCUT2D eigenvalue weighted by atomic mass is 9.80. The van der Waals surface area contributed by atoms with Crippen molar-refractivity contribution in [1.29, 1.82) is 0 Å². The highest BCUT2D eigenvalue weighted by Crippen LogP contribution is 2.33. The van der Waals surface area contributed by atoms with Crippen molar-refractivity contribution in [3.05, 3.63) is 36.0 Å². The summed E-state index contributed by atoms with van der Waals surface area (Å²) in [5.74, 6) is 0. The third-order valence-corrected chi connectivity index (χ3v) is 3.39. The number of aromatic amines is 1. The van der Waals surface area contributed by atoms with E-state index < -0.39 is 0 Å². The minimum Gasteiger partial charge on any atom is -0.396 e. The van der Waals surface area contributed by atoms with Crippen LogP contribution in [0.2, 0.25) is 0 Å². The summed E-state index contributed by atoms with van der Waals surface area (Å²) in [6.07, 6.45) is 2.92. The number of rotatable bonds is 3. The number of hydrogen-bond donors (Lipinski definition) is 2. The van der Waals surface area contributed by atoms with Gasteiger partial charge in [0.05, 0.1) is 19.8 Å². The van der Waals surface area contributed by atoms with Gasteiger partial charge in [-0.2, -0.15) is 0 Å². The van der Waals surface area contributed by atoms with E-state index in [9.17, 15) is 5.11 Å². The predicted octanol–water partition coefficient (Wildman–Crippen LogP) is 1.72. The van der Waals surface area contributed by atoms with Crippen LogP contribution in [0.15, 0.2) is 30.5 Å². The quantitative estimate of drug-likeness (QED) is 0.822. The highest BCUT2D eigenvalue weighted by Gasteiger charge is 2.38. The van der Waals surface area contributed by atoms with Gasteiger partial charge in [-0.3, -0.25) is 0 Å². The van der Waals surface area contributed by atoms with Crippen molar-refractivity contribution in [2.45, 2.75) is 6.42 Å². The largest absolute Gasteiger partial charge is 0.396 e. The lowest BCUT2D eigenvalue weighted by molar-refractivity contribution is -0.135. The van der Waals surface area contributed by atoms with Crippen LogP contribution < -0.4 is 0 Å². The molecule has 3 rings (SSSR count). The molecule has 1 aliphatic rings. The van der Waals surface area contributed by atoms with E-state index in [0.717, 1.165) is 11.9 Å². The predicted molar refractivity (Wildman–Crippen MR) is 62.3 cm³/mol. The van der Waals surface area contributed by atoms with Gasteiger partial charge in [-0.05, 0) is 18.1 Å². The summed E-state index contributed by atoms with van der Waals surface area (Å²) >= 11 is 0. The molecule has 0 atom stereocenters. The van der Waals surface area contributed by atoms with Crippen molar-refractivity contribution in [2.75, 3.05) is 19.8 Å². The van der Waals surface area contributed by atoms with Crippen LogP contribution in [0, 0.1) is 5.41 Å². The lowest BCUT2D eigenvalue weighted by Crippen LogP contribution is -2.47. The summed E-state index contributed by atoms with van der Waals surface area (Å²) in [5, 5.41) is 10.7. The maximum Gasteiger partial charge on any atom is 0.0570 e. The van der Waals surface area contributed by atoms with Gasteiger partial charge in [0, 0.05) is 22.5 Å². The molecule has 1 fully saturated rings. The molecule has 0 saturated carbocycles. The fourth-order valence-corrected chi connectivity index (χ4v) is 2.32. The first-order chi connectivity index (χ1) is 7.83. The molecule has 0 bridgehead atoms. The Morgan fingerprint density at radius 2 is 2.12 bits per heavy atom. The first-order valence-corrected chi connectivity index (χ1v) is 5.57. The maximum atomic E-state index is 9.42. The Morgan fingerprint density at radius 1 is 1.31 bits per heavy atom. The summed E-state index contributed by atoms with van der Waals surface area (Å²) < 4.78 is 5.22. The number of aromatic nitrogens is 1. The van der Waals surface area contributed by atoms with Crippen molar-refractivity contribution in [2.24, 2.45) is 5.41 Å². The number of H-pyrrole nitrogens is 1. The number of benzene rings is 1. The van der Waals surface area contributed by atoms with Crippen molar-refractivity contribution in [1.82, 2.24) is 4.98 Å². The normalized spacial score (nSPS) is 18.6. The van der Waals surface area contributed by atoms with Gasteiger partial charge in [0.15, 0.2) is 0 Å². The molecule has 0 aliphatic carbocycles. The fourth-order valence-electron chi connectivity index (χ4n) is 2.32. The Balaban J connectivity index is 1.94. The molecule has 2 N–H and O–H groups in total. The Kier molecular flexibility index (Phi) is 2.23. The van der Waals surface area contributed by atoms with E-state index in [2.05, 4.69) is 17.1 Å². The number of aliphatic hydroxyl groups is 1. The third kappa shape index (κ3) is 1.44. The molecular weight excluding hydrogens is 202 g/mol. The van der Waals surface area contributed by atoms with Gasteiger partial charge in [0.1, 0.15) is 0 Å². The molecule has 16 heavy (non-hydrogen) atoms. The van der Waals surface area contributed by atoms with Crippen LogP contribution in [0.5, 0.6) is 0 Å². The molecule has 1 aromatic heterocycles. The molecule has 0 unspecified atom stereocenters. The first kappa shape index (κ1) is 9.87. The Hall–Kier alpha value is -1.32. The third-order valence-electron chi connectivity index (χ3n) is 3.39. The summed E-state index contributed by atoms with van der Waals surface area (Å²) in [4.78, 5) is 3.26. The number of nitrogens with one attached hydrogen (secondary N) is 1. The zero-order valence-corrected chi connectivity index (χ0v) is 9.07. The van der Waals surface area contributed by atoms with E-state index in [-0.39, 0.29) is 12.0 Å². The second kappa shape index (κ2) is 3.61. The summed E-state index contributed by atoms with van der Waals surface area (Å²) in [6.45, 7) is 1.54. The van der Waals surface area contributed by atoms with E-state index >= 15 is 0 Å². The number of aliphatic hydroxyl groups excluding tert-OH is 1. The number of fused-ring (bicyclic) bond motifs is 1. The molecule has 0 radical (unpaired) electrons. The second-order valence-corrected chi connectivity index (χ2v) is 4.69. The second-order valence-electron chi connectivity index (χ2n) is 4.69. The van der Waals surface area contributed by atoms with E-state index in [1.165, 1.54) is 10.9 Å². The van der Waals surface area contributed by atoms with Crippen LogP contribution in [0.3, 0.4) is 0 Å². The summed E-state index contributed by atoms with van der Waals surface area (Å²) in [6, 6.07) is 8.26. The van der Waals surface area contributed by atoms with Gasteiger partial charge in [-0.15, -0.1) is 0 Å². The maximum absolute atomic E-state index is 9.42. The van der Waals surface area contributed by atoms with Crippen molar-refractivity contribution in [3.8, 4) is 0 Å². The van der Waals surface area contributed by atoms with Crippen molar-refractivity contribution < 1.29 is 9.84 Å². The van der Waals surface area contributed by atoms with Gasteiger partial charge >= 0.3 is 0 Å². The number of hydrogen-bond acceptors (Lipinski definition) is 2. The smallest absolute Gasteiger partial charge is 0.0570 e. The molecule has 3 nitrogen and oxygen atoms in total.